The molecule has 0 fully saturated rings. The van der Waals surface area contributed by atoms with E-state index in [-0.39, 0.29) is 11.4 Å². The standard InChI is InChI=1S/C12H18FN3O2/c1-4-18-12(2,3)7-16-11(17)9-5-8(13)6-15-10(9)14/h5-6H,4,7H2,1-3H3,(H2,14,15)(H,16,17). The van der Waals surface area contributed by atoms with Crippen molar-refractivity contribution in [3.63, 3.8) is 0 Å². The van der Waals surface area contributed by atoms with E-state index in [1.54, 1.807) is 0 Å². The summed E-state index contributed by atoms with van der Waals surface area (Å²) >= 11 is 0. The summed E-state index contributed by atoms with van der Waals surface area (Å²) in [4.78, 5) is 15.4. The van der Waals surface area contributed by atoms with E-state index in [4.69, 9.17) is 10.5 Å². The Labute approximate surface area is 106 Å². The molecule has 1 rings (SSSR count). The predicted molar refractivity (Wildman–Crippen MR) is 66.6 cm³/mol. The van der Waals surface area contributed by atoms with Crippen LogP contribution < -0.4 is 11.1 Å². The van der Waals surface area contributed by atoms with E-state index in [2.05, 4.69) is 10.3 Å². The number of carbonyl (C=O) groups is 1. The van der Waals surface area contributed by atoms with E-state index in [1.807, 2.05) is 20.8 Å². The number of nitrogens with two attached hydrogens (primary N) is 1. The first-order valence-corrected chi connectivity index (χ1v) is 5.69. The lowest BCUT2D eigenvalue weighted by atomic mass is 10.1. The van der Waals surface area contributed by atoms with Crippen LogP contribution in [0.1, 0.15) is 31.1 Å². The summed E-state index contributed by atoms with van der Waals surface area (Å²) in [6.07, 6.45) is 0.968. The number of nitrogens with one attached hydrogen (secondary N) is 1. The van der Waals surface area contributed by atoms with Gasteiger partial charge in [0.2, 0.25) is 0 Å². The van der Waals surface area contributed by atoms with Crippen molar-refractivity contribution in [2.24, 2.45) is 0 Å². The Morgan fingerprint density at radius 1 is 1.61 bits per heavy atom. The van der Waals surface area contributed by atoms with E-state index in [9.17, 15) is 9.18 Å². The summed E-state index contributed by atoms with van der Waals surface area (Å²) in [7, 11) is 0. The molecule has 6 heteroatoms. The van der Waals surface area contributed by atoms with Gasteiger partial charge < -0.3 is 15.8 Å². The average molecular weight is 255 g/mol. The molecular formula is C12H18FN3O2. The number of anilines is 1. The second kappa shape index (κ2) is 5.77. The van der Waals surface area contributed by atoms with Gasteiger partial charge in [0.1, 0.15) is 11.6 Å². The van der Waals surface area contributed by atoms with Crippen molar-refractivity contribution in [3.8, 4) is 0 Å². The smallest absolute Gasteiger partial charge is 0.255 e. The number of nitrogens with zero attached hydrogens (tertiary/aromatic N) is 1. The van der Waals surface area contributed by atoms with Crippen LogP contribution in [0.15, 0.2) is 12.3 Å². The molecular weight excluding hydrogens is 237 g/mol. The summed E-state index contributed by atoms with van der Waals surface area (Å²) in [5.41, 5.74) is 5.06. The van der Waals surface area contributed by atoms with Crippen LogP contribution in [0.5, 0.6) is 0 Å². The number of rotatable bonds is 5. The highest BCUT2D eigenvalue weighted by molar-refractivity contribution is 5.98. The monoisotopic (exact) mass is 255 g/mol. The van der Waals surface area contributed by atoms with Crippen molar-refractivity contribution in [2.75, 3.05) is 18.9 Å². The fraction of sp³-hybridized carbons (Fsp3) is 0.500. The molecule has 0 aliphatic heterocycles. The van der Waals surface area contributed by atoms with Gasteiger partial charge in [0.15, 0.2) is 0 Å². The molecule has 3 N–H and O–H groups in total. The van der Waals surface area contributed by atoms with Crippen LogP contribution in [-0.2, 0) is 4.74 Å². The molecule has 0 aromatic carbocycles. The molecule has 0 aliphatic carbocycles. The summed E-state index contributed by atoms with van der Waals surface area (Å²) in [5.74, 6) is -1.06. The molecule has 0 atom stereocenters. The summed E-state index contributed by atoms with van der Waals surface area (Å²) < 4.78 is 18.4. The maximum absolute atomic E-state index is 13.0. The van der Waals surface area contributed by atoms with Crippen molar-refractivity contribution < 1.29 is 13.9 Å². The highest BCUT2D eigenvalue weighted by Gasteiger charge is 2.20. The lowest BCUT2D eigenvalue weighted by Crippen LogP contribution is -2.40. The lowest BCUT2D eigenvalue weighted by molar-refractivity contribution is -0.00815. The van der Waals surface area contributed by atoms with E-state index >= 15 is 0 Å². The van der Waals surface area contributed by atoms with Gasteiger partial charge in [0.25, 0.3) is 5.91 Å². The van der Waals surface area contributed by atoms with Crippen LogP contribution in [0.2, 0.25) is 0 Å². The Kier molecular flexibility index (Phi) is 4.61. The van der Waals surface area contributed by atoms with E-state index in [0.717, 1.165) is 12.3 Å². The first-order chi connectivity index (χ1) is 8.35. The molecule has 1 amide bonds. The molecule has 0 bridgehead atoms. The molecule has 1 heterocycles. The Bertz CT molecular complexity index is 435. The SMILES string of the molecule is CCOC(C)(C)CNC(=O)c1cc(F)cnc1N. The molecule has 0 unspecified atom stereocenters. The van der Waals surface area contributed by atoms with Crippen LogP contribution >= 0.6 is 0 Å². The van der Waals surface area contributed by atoms with Crippen LogP contribution in [-0.4, -0.2) is 29.6 Å². The Morgan fingerprint density at radius 3 is 2.89 bits per heavy atom. The number of nitrogen functional groups attached to an aromatic ring is 1. The summed E-state index contributed by atoms with van der Waals surface area (Å²) in [6, 6.07) is 1.06. The molecule has 0 saturated carbocycles. The number of ether oxygens (including phenoxy) is 1. The number of hydrogen-bond donors (Lipinski definition) is 2. The van der Waals surface area contributed by atoms with Crippen LogP contribution in [0, 0.1) is 5.82 Å². The van der Waals surface area contributed by atoms with Gasteiger partial charge in [-0.1, -0.05) is 0 Å². The van der Waals surface area contributed by atoms with Crippen LogP contribution in [0.3, 0.4) is 0 Å². The average Bonchev–Trinajstić information content (AvgIpc) is 2.29. The number of halogens is 1. The zero-order chi connectivity index (χ0) is 13.8. The topological polar surface area (TPSA) is 77.2 Å². The number of aromatic nitrogens is 1. The second-order valence-electron chi connectivity index (χ2n) is 4.46. The molecule has 1 aromatic rings. The summed E-state index contributed by atoms with van der Waals surface area (Å²) in [5, 5.41) is 2.64. The Balaban J connectivity index is 2.69. The zero-order valence-electron chi connectivity index (χ0n) is 10.8. The van der Waals surface area contributed by atoms with Gasteiger partial charge >= 0.3 is 0 Å². The third kappa shape index (κ3) is 3.96. The minimum atomic E-state index is -0.599. The van der Waals surface area contributed by atoms with Gasteiger partial charge in [0.05, 0.1) is 17.4 Å². The summed E-state index contributed by atoms with van der Waals surface area (Å²) in [6.45, 7) is 6.42. The van der Waals surface area contributed by atoms with Crippen molar-refractivity contribution in [1.29, 1.82) is 0 Å². The fourth-order valence-electron chi connectivity index (χ4n) is 1.46. The molecule has 0 aliphatic rings. The quantitative estimate of drug-likeness (QED) is 0.832. The molecule has 1 aromatic heterocycles. The van der Waals surface area contributed by atoms with Crippen molar-refractivity contribution in [3.05, 3.63) is 23.6 Å². The number of hydrogen-bond acceptors (Lipinski definition) is 4. The van der Waals surface area contributed by atoms with Crippen molar-refractivity contribution in [1.82, 2.24) is 10.3 Å². The Hall–Kier alpha value is -1.69. The molecule has 18 heavy (non-hydrogen) atoms. The highest BCUT2D eigenvalue weighted by Crippen LogP contribution is 2.11. The predicted octanol–water partition coefficient (Wildman–Crippen LogP) is 1.35. The van der Waals surface area contributed by atoms with Crippen LogP contribution in [0.25, 0.3) is 0 Å². The van der Waals surface area contributed by atoms with Gasteiger partial charge in [-0.15, -0.1) is 0 Å². The van der Waals surface area contributed by atoms with Gasteiger partial charge in [-0.25, -0.2) is 9.37 Å². The van der Waals surface area contributed by atoms with Crippen LogP contribution in [0.4, 0.5) is 10.2 Å². The highest BCUT2D eigenvalue weighted by atomic mass is 19.1. The minimum absolute atomic E-state index is 0.00289. The number of pyridine rings is 1. The maximum Gasteiger partial charge on any atom is 0.255 e. The number of carbonyl (C=O) groups excluding carboxylic acids is 1. The molecule has 0 saturated heterocycles. The Morgan fingerprint density at radius 2 is 2.28 bits per heavy atom. The minimum Gasteiger partial charge on any atom is -0.383 e. The van der Waals surface area contributed by atoms with E-state index < -0.39 is 17.3 Å². The van der Waals surface area contributed by atoms with Gasteiger partial charge in [-0.05, 0) is 26.8 Å². The number of amides is 1. The largest absolute Gasteiger partial charge is 0.383 e. The third-order valence-electron chi connectivity index (χ3n) is 2.34. The maximum atomic E-state index is 13.0. The first-order valence-electron chi connectivity index (χ1n) is 5.69. The van der Waals surface area contributed by atoms with Gasteiger partial charge in [-0.2, -0.15) is 0 Å². The normalized spacial score (nSPS) is 11.3. The van der Waals surface area contributed by atoms with Gasteiger partial charge in [0, 0.05) is 13.2 Å². The van der Waals surface area contributed by atoms with E-state index in [1.165, 1.54) is 0 Å². The van der Waals surface area contributed by atoms with Crippen molar-refractivity contribution in [2.45, 2.75) is 26.4 Å². The van der Waals surface area contributed by atoms with Crippen molar-refractivity contribution >= 4 is 11.7 Å². The van der Waals surface area contributed by atoms with E-state index in [0.29, 0.717) is 13.2 Å². The first kappa shape index (κ1) is 14.4. The third-order valence-corrected chi connectivity index (χ3v) is 2.34. The fourth-order valence-corrected chi connectivity index (χ4v) is 1.46. The second-order valence-corrected chi connectivity index (χ2v) is 4.46. The molecule has 5 nitrogen and oxygen atoms in total. The lowest BCUT2D eigenvalue weighted by Gasteiger charge is -2.24. The molecule has 0 spiro atoms. The molecule has 100 valence electrons. The molecule has 0 radical (unpaired) electrons. The van der Waals surface area contributed by atoms with Gasteiger partial charge in [-0.3, -0.25) is 4.79 Å². The zero-order valence-corrected chi connectivity index (χ0v) is 10.8.